The van der Waals surface area contributed by atoms with Gasteiger partial charge in [-0.1, -0.05) is 21.4 Å². The number of hydrogen-bond donors (Lipinski definition) is 0. The number of alkyl halides is 1. The first-order valence-electron chi connectivity index (χ1n) is 7.69. The maximum absolute atomic E-state index is 13.6. The minimum Gasteiger partial charge on any atom is -0.329 e. The molecule has 0 saturated heterocycles. The summed E-state index contributed by atoms with van der Waals surface area (Å²) >= 11 is 0. The third-order valence-corrected chi connectivity index (χ3v) is 4.05. The number of aryl methyl sites for hydroxylation is 1. The predicted molar refractivity (Wildman–Crippen MR) is 90.2 cm³/mol. The summed E-state index contributed by atoms with van der Waals surface area (Å²) < 4.78 is 30.6. The van der Waals surface area contributed by atoms with E-state index in [1.165, 1.54) is 16.8 Å². The van der Waals surface area contributed by atoms with Crippen molar-refractivity contribution in [1.29, 1.82) is 0 Å². The first-order chi connectivity index (χ1) is 11.6. The molecule has 24 heavy (non-hydrogen) atoms. The lowest BCUT2D eigenvalue weighted by Gasteiger charge is -2.07. The standard InChI is InChI=1S/C16H18F2N5P/c1-2-3-15-19-6-7-22(15)9-11-10-23(21-20-11)12-4-5-14(17)13(8-12)16(18)24/h4-8,10,16H,2-3,9,24H2,1H3. The van der Waals surface area contributed by atoms with E-state index in [1.54, 1.807) is 18.5 Å². The van der Waals surface area contributed by atoms with Crippen LogP contribution in [0.2, 0.25) is 0 Å². The average Bonchev–Trinajstić information content (AvgIpc) is 3.18. The summed E-state index contributed by atoms with van der Waals surface area (Å²) in [7, 11) is 1.95. The van der Waals surface area contributed by atoms with Gasteiger partial charge in [-0.25, -0.2) is 18.4 Å². The molecule has 126 valence electrons. The smallest absolute Gasteiger partial charge is 0.141 e. The Kier molecular flexibility index (Phi) is 5.00. The molecule has 0 saturated carbocycles. The van der Waals surface area contributed by atoms with Crippen molar-refractivity contribution in [2.75, 3.05) is 0 Å². The minimum absolute atomic E-state index is 0.0191. The van der Waals surface area contributed by atoms with Gasteiger partial charge in [0.25, 0.3) is 0 Å². The van der Waals surface area contributed by atoms with Gasteiger partial charge in [0, 0.05) is 24.4 Å². The van der Waals surface area contributed by atoms with E-state index in [1.807, 2.05) is 20.0 Å². The van der Waals surface area contributed by atoms with Gasteiger partial charge in [-0.15, -0.1) is 5.10 Å². The van der Waals surface area contributed by atoms with Crippen molar-refractivity contribution in [2.45, 2.75) is 32.2 Å². The Morgan fingerprint density at radius 1 is 1.33 bits per heavy atom. The van der Waals surface area contributed by atoms with Gasteiger partial charge in [-0.3, -0.25) is 0 Å². The summed E-state index contributed by atoms with van der Waals surface area (Å²) in [6.07, 6.45) is 7.34. The van der Waals surface area contributed by atoms with Crippen molar-refractivity contribution in [3.63, 3.8) is 0 Å². The van der Waals surface area contributed by atoms with E-state index in [0.717, 1.165) is 24.4 Å². The van der Waals surface area contributed by atoms with Gasteiger partial charge in [0.2, 0.25) is 0 Å². The molecule has 0 spiro atoms. The normalized spacial score (nSPS) is 12.5. The molecule has 0 bridgehead atoms. The molecule has 3 rings (SSSR count). The van der Waals surface area contributed by atoms with Crippen molar-refractivity contribution in [2.24, 2.45) is 0 Å². The van der Waals surface area contributed by atoms with Crippen molar-refractivity contribution in [3.8, 4) is 5.69 Å². The van der Waals surface area contributed by atoms with Crippen LogP contribution in [0.1, 0.15) is 36.3 Å². The predicted octanol–water partition coefficient (Wildman–Crippen LogP) is 3.45. The molecule has 2 aromatic heterocycles. The molecule has 2 heterocycles. The van der Waals surface area contributed by atoms with E-state index >= 15 is 0 Å². The van der Waals surface area contributed by atoms with Crippen LogP contribution in [0.3, 0.4) is 0 Å². The van der Waals surface area contributed by atoms with Crippen molar-refractivity contribution in [1.82, 2.24) is 24.5 Å². The topological polar surface area (TPSA) is 48.5 Å². The molecule has 2 unspecified atom stereocenters. The van der Waals surface area contributed by atoms with Crippen LogP contribution in [-0.4, -0.2) is 24.5 Å². The van der Waals surface area contributed by atoms with Crippen molar-refractivity contribution >= 4 is 9.24 Å². The first-order valence-corrected chi connectivity index (χ1v) is 8.36. The molecule has 5 nitrogen and oxygen atoms in total. The molecule has 0 N–H and O–H groups in total. The highest BCUT2D eigenvalue weighted by molar-refractivity contribution is 7.16. The van der Waals surface area contributed by atoms with Gasteiger partial charge < -0.3 is 4.57 Å². The van der Waals surface area contributed by atoms with Crippen LogP contribution in [0.25, 0.3) is 5.69 Å². The summed E-state index contributed by atoms with van der Waals surface area (Å²) in [4.78, 5) is 4.33. The molecular weight excluding hydrogens is 331 g/mol. The van der Waals surface area contributed by atoms with Gasteiger partial charge in [-0.2, -0.15) is 0 Å². The fourth-order valence-electron chi connectivity index (χ4n) is 2.49. The van der Waals surface area contributed by atoms with Crippen molar-refractivity contribution in [3.05, 3.63) is 59.7 Å². The molecular formula is C16H18F2N5P. The molecule has 0 aliphatic rings. The number of halogens is 2. The van der Waals surface area contributed by atoms with Crippen LogP contribution in [0.5, 0.6) is 0 Å². The number of aromatic nitrogens is 5. The molecule has 0 aliphatic carbocycles. The second-order valence-corrected chi connectivity index (χ2v) is 6.07. The zero-order valence-corrected chi connectivity index (χ0v) is 14.4. The lowest BCUT2D eigenvalue weighted by Crippen LogP contribution is -2.04. The summed E-state index contributed by atoms with van der Waals surface area (Å²) in [5, 5.41) is 8.19. The highest BCUT2D eigenvalue weighted by atomic mass is 31.0. The molecule has 3 aromatic rings. The molecule has 8 heteroatoms. The average molecular weight is 349 g/mol. The Bertz CT molecular complexity index is 827. The fraction of sp³-hybridized carbons (Fsp3) is 0.312. The summed E-state index contributed by atoms with van der Waals surface area (Å²) in [5.74, 6) is -1.04. The lowest BCUT2D eigenvalue weighted by atomic mass is 10.2. The highest BCUT2D eigenvalue weighted by Gasteiger charge is 2.13. The van der Waals surface area contributed by atoms with Crippen LogP contribution < -0.4 is 0 Å². The Hall–Kier alpha value is -2.14. The monoisotopic (exact) mass is 349 g/mol. The maximum Gasteiger partial charge on any atom is 0.141 e. The van der Waals surface area contributed by atoms with Crippen LogP contribution >= 0.6 is 9.24 Å². The largest absolute Gasteiger partial charge is 0.329 e. The SMILES string of the molecule is CCCc1nccn1Cc1cn(-c2ccc(F)c(C(F)P)c2)nn1. The zero-order chi connectivity index (χ0) is 17.1. The lowest BCUT2D eigenvalue weighted by molar-refractivity contribution is 0.449. The third-order valence-electron chi connectivity index (χ3n) is 3.69. The summed E-state index contributed by atoms with van der Waals surface area (Å²) in [6.45, 7) is 2.66. The number of imidazole rings is 1. The number of nitrogens with zero attached hydrogens (tertiary/aromatic N) is 5. The minimum atomic E-state index is -1.46. The second kappa shape index (κ2) is 7.18. The number of rotatable bonds is 6. The molecule has 1 aromatic carbocycles. The van der Waals surface area contributed by atoms with Gasteiger partial charge in [0.1, 0.15) is 23.2 Å². The quantitative estimate of drug-likeness (QED) is 0.641. The van der Waals surface area contributed by atoms with E-state index in [2.05, 4.69) is 22.2 Å². The molecule has 0 fully saturated rings. The summed E-state index contributed by atoms with van der Waals surface area (Å²) in [5.41, 5.74) is 1.29. The highest BCUT2D eigenvalue weighted by Crippen LogP contribution is 2.28. The Balaban J connectivity index is 1.83. The van der Waals surface area contributed by atoms with Gasteiger partial charge in [0.05, 0.1) is 18.4 Å². The van der Waals surface area contributed by atoms with E-state index in [-0.39, 0.29) is 5.56 Å². The Morgan fingerprint density at radius 2 is 2.17 bits per heavy atom. The van der Waals surface area contributed by atoms with E-state index in [0.29, 0.717) is 12.2 Å². The van der Waals surface area contributed by atoms with Gasteiger partial charge in [0.15, 0.2) is 0 Å². The Labute approximate surface area is 140 Å². The van der Waals surface area contributed by atoms with E-state index in [9.17, 15) is 8.78 Å². The van der Waals surface area contributed by atoms with E-state index in [4.69, 9.17) is 0 Å². The number of benzene rings is 1. The Morgan fingerprint density at radius 3 is 2.92 bits per heavy atom. The van der Waals surface area contributed by atoms with Crippen molar-refractivity contribution < 1.29 is 8.78 Å². The maximum atomic E-state index is 13.6. The fourth-order valence-corrected chi connectivity index (χ4v) is 2.75. The molecule has 0 amide bonds. The number of hydrogen-bond acceptors (Lipinski definition) is 3. The van der Waals surface area contributed by atoms with Crippen LogP contribution in [0.4, 0.5) is 8.78 Å². The molecule has 2 atom stereocenters. The zero-order valence-electron chi connectivity index (χ0n) is 13.2. The second-order valence-electron chi connectivity index (χ2n) is 5.48. The van der Waals surface area contributed by atoms with Crippen LogP contribution in [0.15, 0.2) is 36.8 Å². The van der Waals surface area contributed by atoms with Crippen LogP contribution in [-0.2, 0) is 13.0 Å². The molecule has 0 aliphatic heterocycles. The summed E-state index contributed by atoms with van der Waals surface area (Å²) in [6, 6.07) is 4.22. The van der Waals surface area contributed by atoms with Gasteiger partial charge in [-0.05, 0) is 24.6 Å². The third kappa shape index (κ3) is 3.51. The van der Waals surface area contributed by atoms with E-state index < -0.39 is 11.7 Å². The van der Waals surface area contributed by atoms with Gasteiger partial charge >= 0.3 is 0 Å². The first kappa shape index (κ1) is 16.7. The van der Waals surface area contributed by atoms with Crippen LogP contribution in [0, 0.1) is 5.82 Å². The molecule has 0 radical (unpaired) electrons.